The molecule has 3 aromatic rings. The number of aryl methyl sites for hydroxylation is 2. The predicted octanol–water partition coefficient (Wildman–Crippen LogP) is 6.70. The van der Waals surface area contributed by atoms with E-state index in [2.05, 4.69) is 45.3 Å². The van der Waals surface area contributed by atoms with Crippen molar-refractivity contribution in [2.45, 2.75) is 72.6 Å². The molecule has 7 nitrogen and oxygen atoms in total. The smallest absolute Gasteiger partial charge is 0.315 e. The molecule has 3 amide bonds. The Morgan fingerprint density at radius 2 is 1.70 bits per heavy atom. The number of hydrogen-bond acceptors (Lipinski definition) is 3. The van der Waals surface area contributed by atoms with Gasteiger partial charge in [-0.05, 0) is 55.2 Å². The van der Waals surface area contributed by atoms with E-state index in [0.29, 0.717) is 12.4 Å². The number of hydrogen-bond donors (Lipinski definition) is 2. The summed E-state index contributed by atoms with van der Waals surface area (Å²) in [6.45, 7) is 13.0. The van der Waals surface area contributed by atoms with Crippen molar-refractivity contribution in [1.82, 2.24) is 14.7 Å². The van der Waals surface area contributed by atoms with Crippen LogP contribution in [0.1, 0.15) is 70.7 Å². The number of carbonyl (C=O) groups excluding carboxylic acids is 2. The van der Waals surface area contributed by atoms with Gasteiger partial charge in [0.15, 0.2) is 0 Å². The average molecular weight is 504 g/mol. The molecular formula is C30H41N5O2. The summed E-state index contributed by atoms with van der Waals surface area (Å²) in [5.41, 5.74) is 4.59. The summed E-state index contributed by atoms with van der Waals surface area (Å²) in [5, 5.41) is 10.8. The standard InChI is InChI=1S/C30H41N5O2/c1-7-9-10-18-34(29(37)31-24-16-14-23(8-2)15-17-24)21-28(36)32-27-20-26(30(4,5)6)33-35(27)25-13-11-12-22(3)19-25/h11-17,19-20H,7-10,18,21H2,1-6H3,(H,31,37)(H,32,36). The molecule has 7 heteroatoms. The molecule has 0 atom stereocenters. The summed E-state index contributed by atoms with van der Waals surface area (Å²) in [4.78, 5) is 27.9. The van der Waals surface area contributed by atoms with Gasteiger partial charge in [-0.2, -0.15) is 5.10 Å². The molecule has 0 aliphatic carbocycles. The molecule has 0 fully saturated rings. The highest BCUT2D eigenvalue weighted by molar-refractivity contribution is 5.96. The van der Waals surface area contributed by atoms with Crippen molar-refractivity contribution in [3.8, 4) is 5.69 Å². The molecule has 0 bridgehead atoms. The zero-order chi connectivity index (χ0) is 27.0. The second-order valence-electron chi connectivity index (χ2n) is 10.6. The summed E-state index contributed by atoms with van der Waals surface area (Å²) in [5.74, 6) is 0.326. The highest BCUT2D eigenvalue weighted by Gasteiger charge is 2.23. The molecule has 198 valence electrons. The lowest BCUT2D eigenvalue weighted by molar-refractivity contribution is -0.116. The number of urea groups is 1. The average Bonchev–Trinajstić information content (AvgIpc) is 3.28. The van der Waals surface area contributed by atoms with Crippen LogP contribution in [0.25, 0.3) is 5.69 Å². The molecule has 2 N–H and O–H groups in total. The highest BCUT2D eigenvalue weighted by atomic mass is 16.2. The lowest BCUT2D eigenvalue weighted by Gasteiger charge is -2.23. The fourth-order valence-corrected chi connectivity index (χ4v) is 3.98. The van der Waals surface area contributed by atoms with Crippen molar-refractivity contribution in [2.75, 3.05) is 23.7 Å². The van der Waals surface area contributed by atoms with Gasteiger partial charge in [0.25, 0.3) is 0 Å². The Morgan fingerprint density at radius 3 is 2.32 bits per heavy atom. The van der Waals surface area contributed by atoms with E-state index in [1.165, 1.54) is 5.56 Å². The van der Waals surface area contributed by atoms with Crippen LogP contribution in [-0.4, -0.2) is 39.7 Å². The fourth-order valence-electron chi connectivity index (χ4n) is 3.98. The van der Waals surface area contributed by atoms with Gasteiger partial charge in [0.05, 0.1) is 11.4 Å². The molecule has 1 aromatic heterocycles. The minimum Gasteiger partial charge on any atom is -0.315 e. The molecule has 0 saturated heterocycles. The quantitative estimate of drug-likeness (QED) is 0.302. The molecule has 0 radical (unpaired) electrons. The van der Waals surface area contributed by atoms with E-state index in [4.69, 9.17) is 5.10 Å². The second kappa shape index (κ2) is 12.6. The van der Waals surface area contributed by atoms with E-state index in [0.717, 1.165) is 48.3 Å². The summed E-state index contributed by atoms with van der Waals surface area (Å²) in [6.07, 6.45) is 3.80. The van der Waals surface area contributed by atoms with Crippen molar-refractivity contribution in [3.05, 3.63) is 71.4 Å². The van der Waals surface area contributed by atoms with E-state index in [1.807, 2.05) is 61.5 Å². The first kappa shape index (κ1) is 28.0. The number of benzene rings is 2. The zero-order valence-electron chi connectivity index (χ0n) is 23.1. The third-order valence-electron chi connectivity index (χ3n) is 6.26. The first-order valence-electron chi connectivity index (χ1n) is 13.2. The van der Waals surface area contributed by atoms with Crippen molar-refractivity contribution >= 4 is 23.4 Å². The largest absolute Gasteiger partial charge is 0.322 e. The number of rotatable bonds is 10. The first-order chi connectivity index (χ1) is 17.6. The van der Waals surface area contributed by atoms with E-state index in [9.17, 15) is 9.59 Å². The summed E-state index contributed by atoms with van der Waals surface area (Å²) in [6, 6.07) is 17.4. The van der Waals surface area contributed by atoms with Gasteiger partial charge < -0.3 is 15.5 Å². The van der Waals surface area contributed by atoms with Crippen LogP contribution in [0.3, 0.4) is 0 Å². The molecule has 0 saturated carbocycles. The van der Waals surface area contributed by atoms with Gasteiger partial charge in [0.2, 0.25) is 5.91 Å². The van der Waals surface area contributed by atoms with E-state index >= 15 is 0 Å². The van der Waals surface area contributed by atoms with Gasteiger partial charge in [0, 0.05) is 23.7 Å². The molecule has 1 heterocycles. The van der Waals surface area contributed by atoms with Gasteiger partial charge in [-0.1, -0.05) is 71.7 Å². The Balaban J connectivity index is 1.79. The van der Waals surface area contributed by atoms with Crippen molar-refractivity contribution in [3.63, 3.8) is 0 Å². The topological polar surface area (TPSA) is 79.3 Å². The molecule has 37 heavy (non-hydrogen) atoms. The van der Waals surface area contributed by atoms with Crippen LogP contribution in [-0.2, 0) is 16.6 Å². The van der Waals surface area contributed by atoms with Crippen LogP contribution in [0.5, 0.6) is 0 Å². The van der Waals surface area contributed by atoms with Gasteiger partial charge in [-0.25, -0.2) is 9.48 Å². The highest BCUT2D eigenvalue weighted by Crippen LogP contribution is 2.26. The molecule has 0 aliphatic heterocycles. The van der Waals surface area contributed by atoms with E-state index in [1.54, 1.807) is 9.58 Å². The Hall–Kier alpha value is -3.61. The zero-order valence-corrected chi connectivity index (χ0v) is 23.1. The third kappa shape index (κ3) is 7.94. The van der Waals surface area contributed by atoms with Crippen LogP contribution in [0, 0.1) is 6.92 Å². The van der Waals surface area contributed by atoms with Crippen LogP contribution in [0.4, 0.5) is 16.3 Å². The number of anilines is 2. The Labute approximate surface area is 221 Å². The maximum Gasteiger partial charge on any atom is 0.322 e. The number of carbonyl (C=O) groups is 2. The molecule has 2 aromatic carbocycles. The number of amides is 3. The molecule has 3 rings (SSSR count). The minimum atomic E-state index is -0.280. The van der Waals surface area contributed by atoms with Gasteiger partial charge in [-0.15, -0.1) is 0 Å². The molecule has 0 spiro atoms. The SMILES string of the molecule is CCCCCN(CC(=O)Nc1cc(C(C)(C)C)nn1-c1cccc(C)c1)C(=O)Nc1ccc(CC)cc1. The normalized spacial score (nSPS) is 11.3. The van der Waals surface area contributed by atoms with Crippen LogP contribution in [0.15, 0.2) is 54.6 Å². The monoisotopic (exact) mass is 503 g/mol. The number of aromatic nitrogens is 2. The maximum absolute atomic E-state index is 13.2. The van der Waals surface area contributed by atoms with Crippen molar-refractivity contribution in [1.29, 1.82) is 0 Å². The number of nitrogens with one attached hydrogen (secondary N) is 2. The number of nitrogens with zero attached hydrogens (tertiary/aromatic N) is 3. The Bertz CT molecular complexity index is 1190. The van der Waals surface area contributed by atoms with E-state index in [-0.39, 0.29) is 23.9 Å². The van der Waals surface area contributed by atoms with Crippen LogP contribution in [0.2, 0.25) is 0 Å². The summed E-state index contributed by atoms with van der Waals surface area (Å²) < 4.78 is 1.77. The summed E-state index contributed by atoms with van der Waals surface area (Å²) >= 11 is 0. The Kier molecular flexibility index (Phi) is 9.50. The van der Waals surface area contributed by atoms with Crippen molar-refractivity contribution in [2.24, 2.45) is 0 Å². The van der Waals surface area contributed by atoms with Gasteiger partial charge in [0.1, 0.15) is 12.4 Å². The second-order valence-corrected chi connectivity index (χ2v) is 10.6. The Morgan fingerprint density at radius 1 is 0.973 bits per heavy atom. The number of unbranched alkanes of at least 4 members (excludes halogenated alkanes) is 2. The molecular weight excluding hydrogens is 462 g/mol. The minimum absolute atomic E-state index is 0.0492. The predicted molar refractivity (Wildman–Crippen MR) is 152 cm³/mol. The summed E-state index contributed by atoms with van der Waals surface area (Å²) in [7, 11) is 0. The van der Waals surface area contributed by atoms with Crippen LogP contribution < -0.4 is 10.6 Å². The van der Waals surface area contributed by atoms with Gasteiger partial charge >= 0.3 is 6.03 Å². The van der Waals surface area contributed by atoms with Gasteiger partial charge in [-0.3, -0.25) is 4.79 Å². The van der Waals surface area contributed by atoms with Crippen LogP contribution >= 0.6 is 0 Å². The lowest BCUT2D eigenvalue weighted by Crippen LogP contribution is -2.41. The van der Waals surface area contributed by atoms with Crippen molar-refractivity contribution < 1.29 is 9.59 Å². The fraction of sp³-hybridized carbons (Fsp3) is 0.433. The first-order valence-corrected chi connectivity index (χ1v) is 13.2. The molecule has 0 aliphatic rings. The third-order valence-corrected chi connectivity index (χ3v) is 6.26. The maximum atomic E-state index is 13.2. The van der Waals surface area contributed by atoms with E-state index < -0.39 is 0 Å². The lowest BCUT2D eigenvalue weighted by atomic mass is 9.92. The molecule has 0 unspecified atom stereocenters.